The van der Waals surface area contributed by atoms with E-state index in [1.54, 1.807) is 22.7 Å². The van der Waals surface area contributed by atoms with Crippen molar-refractivity contribution in [1.29, 1.82) is 0 Å². The van der Waals surface area contributed by atoms with Crippen LogP contribution in [-0.2, 0) is 6.42 Å². The Bertz CT molecular complexity index is 660. The van der Waals surface area contributed by atoms with Crippen molar-refractivity contribution in [3.63, 3.8) is 0 Å². The quantitative estimate of drug-likeness (QED) is 0.730. The maximum absolute atomic E-state index is 10.4. The molecular formula is C16H16OS2. The number of fused-ring (bicyclic) bond motifs is 1. The maximum Gasteiger partial charge on any atom is 0.0922 e. The zero-order valence-electron chi connectivity index (χ0n) is 11.0. The number of benzene rings is 1. The predicted molar refractivity (Wildman–Crippen MR) is 84.3 cm³/mol. The second-order valence-electron chi connectivity index (χ2n) is 5.01. The molecule has 0 aliphatic carbocycles. The van der Waals surface area contributed by atoms with Crippen LogP contribution >= 0.6 is 22.7 Å². The molecule has 0 aliphatic heterocycles. The fourth-order valence-electron chi connectivity index (χ4n) is 2.46. The summed E-state index contributed by atoms with van der Waals surface area (Å²) in [6, 6.07) is 10.7. The second-order valence-corrected chi connectivity index (χ2v) is 7.08. The van der Waals surface area contributed by atoms with E-state index in [9.17, 15) is 5.11 Å². The zero-order chi connectivity index (χ0) is 13.4. The third-order valence-corrected chi connectivity index (χ3v) is 5.39. The number of hydrogen-bond acceptors (Lipinski definition) is 3. The average molecular weight is 288 g/mol. The van der Waals surface area contributed by atoms with Crippen molar-refractivity contribution in [3.8, 4) is 0 Å². The van der Waals surface area contributed by atoms with Gasteiger partial charge in [-0.2, -0.15) is 0 Å². The van der Waals surface area contributed by atoms with Gasteiger partial charge in [0, 0.05) is 20.7 Å². The van der Waals surface area contributed by atoms with Crippen molar-refractivity contribution in [3.05, 3.63) is 57.3 Å². The van der Waals surface area contributed by atoms with Crippen LogP contribution in [0, 0.1) is 13.8 Å². The van der Waals surface area contributed by atoms with Crippen molar-refractivity contribution >= 4 is 32.1 Å². The van der Waals surface area contributed by atoms with Crippen molar-refractivity contribution in [1.82, 2.24) is 0 Å². The predicted octanol–water partition coefficient (Wildman–Crippen LogP) is 4.86. The minimum absolute atomic E-state index is 0.397. The van der Waals surface area contributed by atoms with Gasteiger partial charge in [-0.05, 0) is 36.9 Å². The summed E-state index contributed by atoms with van der Waals surface area (Å²) in [5.41, 5.74) is 3.73. The van der Waals surface area contributed by atoms with Crippen molar-refractivity contribution in [2.75, 3.05) is 0 Å². The Morgan fingerprint density at radius 1 is 1.05 bits per heavy atom. The van der Waals surface area contributed by atoms with Crippen LogP contribution in [0.15, 0.2) is 35.7 Å². The van der Waals surface area contributed by atoms with Crippen LogP contribution in [-0.4, -0.2) is 5.11 Å². The summed E-state index contributed by atoms with van der Waals surface area (Å²) < 4.78 is 2.55. The Hall–Kier alpha value is -1.16. The molecule has 0 saturated heterocycles. The van der Waals surface area contributed by atoms with Gasteiger partial charge < -0.3 is 5.11 Å². The van der Waals surface area contributed by atoms with Crippen LogP contribution in [0.3, 0.4) is 0 Å². The Labute approximate surface area is 121 Å². The van der Waals surface area contributed by atoms with Gasteiger partial charge in [0.1, 0.15) is 0 Å². The Morgan fingerprint density at radius 2 is 1.79 bits per heavy atom. The van der Waals surface area contributed by atoms with E-state index < -0.39 is 6.10 Å². The van der Waals surface area contributed by atoms with Crippen LogP contribution in [0.25, 0.3) is 9.40 Å². The number of aliphatic hydroxyl groups is 1. The molecule has 1 atom stereocenters. The van der Waals surface area contributed by atoms with Crippen molar-refractivity contribution in [2.24, 2.45) is 0 Å². The SMILES string of the molecule is Cc1cc(C)cc(CC(O)c2cc3sccc3s2)c1. The number of hydrogen-bond donors (Lipinski definition) is 1. The lowest BCUT2D eigenvalue weighted by Gasteiger charge is -2.10. The average Bonchev–Trinajstić information content (AvgIpc) is 2.86. The molecule has 0 spiro atoms. The first-order valence-corrected chi connectivity index (χ1v) is 8.03. The molecule has 19 heavy (non-hydrogen) atoms. The molecule has 98 valence electrons. The van der Waals surface area contributed by atoms with Crippen molar-refractivity contribution in [2.45, 2.75) is 26.4 Å². The number of rotatable bonds is 3. The number of aliphatic hydroxyl groups excluding tert-OH is 1. The molecular weight excluding hydrogens is 272 g/mol. The summed E-state index contributed by atoms with van der Waals surface area (Å²) in [5, 5.41) is 12.5. The van der Waals surface area contributed by atoms with E-state index in [0.29, 0.717) is 6.42 Å². The molecule has 3 aromatic rings. The van der Waals surface area contributed by atoms with Gasteiger partial charge in [-0.3, -0.25) is 0 Å². The van der Waals surface area contributed by atoms with Gasteiger partial charge in [-0.15, -0.1) is 22.7 Å². The lowest BCUT2D eigenvalue weighted by atomic mass is 10.0. The van der Waals surface area contributed by atoms with Gasteiger partial charge in [-0.1, -0.05) is 29.3 Å². The smallest absolute Gasteiger partial charge is 0.0922 e. The van der Waals surface area contributed by atoms with Crippen LogP contribution in [0.4, 0.5) is 0 Å². The first kappa shape index (κ1) is 12.9. The molecule has 1 unspecified atom stereocenters. The molecule has 3 heteroatoms. The third kappa shape index (κ3) is 2.73. The Kier molecular flexibility index (Phi) is 3.44. The third-order valence-electron chi connectivity index (χ3n) is 3.20. The molecule has 0 fully saturated rings. The van der Waals surface area contributed by atoms with Crippen LogP contribution in [0.1, 0.15) is 27.7 Å². The number of thiophene rings is 2. The minimum Gasteiger partial charge on any atom is -0.387 e. The first-order chi connectivity index (χ1) is 9.11. The van der Waals surface area contributed by atoms with Gasteiger partial charge in [0.15, 0.2) is 0 Å². The lowest BCUT2D eigenvalue weighted by Crippen LogP contribution is -2.00. The highest BCUT2D eigenvalue weighted by molar-refractivity contribution is 7.26. The van der Waals surface area contributed by atoms with E-state index >= 15 is 0 Å². The van der Waals surface area contributed by atoms with E-state index in [4.69, 9.17) is 0 Å². The standard InChI is InChI=1S/C16H16OS2/c1-10-5-11(2)7-12(6-10)8-13(17)15-9-16-14(19-15)3-4-18-16/h3-7,9,13,17H,8H2,1-2H3. The Balaban J connectivity index is 1.84. The highest BCUT2D eigenvalue weighted by Crippen LogP contribution is 2.34. The maximum atomic E-state index is 10.4. The molecule has 0 amide bonds. The monoisotopic (exact) mass is 288 g/mol. The van der Waals surface area contributed by atoms with Crippen LogP contribution in [0.2, 0.25) is 0 Å². The highest BCUT2D eigenvalue weighted by atomic mass is 32.1. The molecule has 2 heterocycles. The number of aryl methyl sites for hydroxylation is 2. The van der Waals surface area contributed by atoms with E-state index in [2.05, 4.69) is 49.6 Å². The second kappa shape index (κ2) is 5.08. The molecule has 0 saturated carbocycles. The van der Waals surface area contributed by atoms with Crippen molar-refractivity contribution < 1.29 is 5.11 Å². The highest BCUT2D eigenvalue weighted by Gasteiger charge is 2.13. The topological polar surface area (TPSA) is 20.2 Å². The molecule has 3 rings (SSSR count). The van der Waals surface area contributed by atoms with Gasteiger partial charge in [0.25, 0.3) is 0 Å². The van der Waals surface area contributed by atoms with E-state index in [0.717, 1.165) is 4.88 Å². The van der Waals surface area contributed by atoms with Crippen LogP contribution < -0.4 is 0 Å². The van der Waals surface area contributed by atoms with E-state index in [1.165, 1.54) is 26.1 Å². The molecule has 0 radical (unpaired) electrons. The molecule has 0 aliphatic rings. The summed E-state index contributed by atoms with van der Waals surface area (Å²) in [6.45, 7) is 4.20. The summed E-state index contributed by atoms with van der Waals surface area (Å²) in [5.74, 6) is 0. The summed E-state index contributed by atoms with van der Waals surface area (Å²) in [4.78, 5) is 1.07. The molecule has 1 N–H and O–H groups in total. The first-order valence-electron chi connectivity index (χ1n) is 6.34. The largest absolute Gasteiger partial charge is 0.387 e. The fourth-order valence-corrected chi connectivity index (χ4v) is 4.57. The van der Waals surface area contributed by atoms with E-state index in [-0.39, 0.29) is 0 Å². The lowest BCUT2D eigenvalue weighted by molar-refractivity contribution is 0.182. The fraction of sp³-hybridized carbons (Fsp3) is 0.250. The summed E-state index contributed by atoms with van der Waals surface area (Å²) in [6.07, 6.45) is 0.293. The molecule has 1 nitrogen and oxygen atoms in total. The molecule has 1 aromatic carbocycles. The van der Waals surface area contributed by atoms with Gasteiger partial charge >= 0.3 is 0 Å². The van der Waals surface area contributed by atoms with Gasteiger partial charge in [0.05, 0.1) is 6.10 Å². The Morgan fingerprint density at radius 3 is 2.47 bits per heavy atom. The van der Waals surface area contributed by atoms with Crippen LogP contribution in [0.5, 0.6) is 0 Å². The van der Waals surface area contributed by atoms with Gasteiger partial charge in [0.2, 0.25) is 0 Å². The molecule has 2 aromatic heterocycles. The van der Waals surface area contributed by atoms with Gasteiger partial charge in [-0.25, -0.2) is 0 Å². The normalized spacial score (nSPS) is 13.0. The zero-order valence-corrected chi connectivity index (χ0v) is 12.6. The minimum atomic E-state index is -0.397. The molecule has 0 bridgehead atoms. The van der Waals surface area contributed by atoms with E-state index in [1.807, 2.05) is 0 Å². The summed E-state index contributed by atoms with van der Waals surface area (Å²) in [7, 11) is 0. The summed E-state index contributed by atoms with van der Waals surface area (Å²) >= 11 is 3.44.